The highest BCUT2D eigenvalue weighted by Gasteiger charge is 2.31. The van der Waals surface area contributed by atoms with Gasteiger partial charge in [-0.25, -0.2) is 18.4 Å². The maximum absolute atomic E-state index is 12.7. The Balaban J connectivity index is 1.96. The molecule has 1 aromatic carbocycles. The van der Waals surface area contributed by atoms with E-state index in [-0.39, 0.29) is 13.1 Å². The number of sulfonamides is 1. The number of halogens is 3. The lowest BCUT2D eigenvalue weighted by molar-refractivity contribution is -0.137. The van der Waals surface area contributed by atoms with Crippen molar-refractivity contribution >= 4 is 10.0 Å². The summed E-state index contributed by atoms with van der Waals surface area (Å²) in [4.78, 5) is 8.31. The Hall–Kier alpha value is -2.26. The summed E-state index contributed by atoms with van der Waals surface area (Å²) in [6.45, 7) is 3.62. The van der Waals surface area contributed by atoms with E-state index < -0.39 is 21.8 Å². The Kier molecular flexibility index (Phi) is 4.38. The molecule has 132 valence electrons. The second-order valence-corrected chi connectivity index (χ2v) is 7.40. The van der Waals surface area contributed by atoms with Gasteiger partial charge in [-0.3, -0.25) is 0 Å². The van der Waals surface area contributed by atoms with Crippen molar-refractivity contribution in [3.05, 3.63) is 59.4 Å². The van der Waals surface area contributed by atoms with Gasteiger partial charge in [0.25, 0.3) is 0 Å². The summed E-state index contributed by atoms with van der Waals surface area (Å²) in [5.41, 5.74) is 1.61. The molecule has 2 aromatic rings. The van der Waals surface area contributed by atoms with Crippen molar-refractivity contribution in [1.82, 2.24) is 14.3 Å². The lowest BCUT2D eigenvalue weighted by Gasteiger charge is -2.27. The Morgan fingerprint density at radius 3 is 2.44 bits per heavy atom. The third-order valence-electron chi connectivity index (χ3n) is 4.03. The van der Waals surface area contributed by atoms with Gasteiger partial charge in [-0.05, 0) is 18.6 Å². The zero-order valence-corrected chi connectivity index (χ0v) is 13.8. The van der Waals surface area contributed by atoms with Gasteiger partial charge < -0.3 is 0 Å². The quantitative estimate of drug-likeness (QED) is 0.834. The van der Waals surface area contributed by atoms with Crippen LogP contribution in [0.25, 0.3) is 11.3 Å². The molecule has 1 aliphatic rings. The van der Waals surface area contributed by atoms with Crippen LogP contribution in [-0.4, -0.2) is 29.2 Å². The van der Waals surface area contributed by atoms with Crippen molar-refractivity contribution in [3.8, 4) is 11.3 Å². The van der Waals surface area contributed by atoms with Gasteiger partial charge in [-0.15, -0.1) is 0 Å². The molecule has 0 aliphatic carbocycles. The van der Waals surface area contributed by atoms with Crippen LogP contribution >= 0.6 is 0 Å². The molecular weight excluding hydrogens is 355 g/mol. The molecule has 0 spiro atoms. The molecule has 0 saturated heterocycles. The molecule has 5 nitrogen and oxygen atoms in total. The average Bonchev–Trinajstić information content (AvgIpc) is 2.60. The molecule has 2 heterocycles. The van der Waals surface area contributed by atoms with E-state index in [4.69, 9.17) is 0 Å². The minimum absolute atomic E-state index is 0.0832. The average molecular weight is 369 g/mol. The van der Waals surface area contributed by atoms with E-state index in [1.807, 2.05) is 0 Å². The second-order valence-electron chi connectivity index (χ2n) is 5.52. The molecule has 0 saturated carbocycles. The fraction of sp³-hybridized carbons (Fsp3) is 0.250. The van der Waals surface area contributed by atoms with Crippen molar-refractivity contribution in [2.75, 3.05) is 6.54 Å². The molecule has 0 fully saturated rings. The first-order chi connectivity index (χ1) is 11.7. The number of rotatable bonds is 3. The van der Waals surface area contributed by atoms with Crippen LogP contribution in [0.2, 0.25) is 0 Å². The molecule has 1 aliphatic heterocycles. The Bertz CT molecular complexity index is 909. The molecule has 0 N–H and O–H groups in total. The molecule has 0 radical (unpaired) electrons. The Morgan fingerprint density at radius 1 is 1.16 bits per heavy atom. The molecule has 25 heavy (non-hydrogen) atoms. The van der Waals surface area contributed by atoms with Gasteiger partial charge in [0.2, 0.25) is 10.0 Å². The lowest BCUT2D eigenvalue weighted by Crippen LogP contribution is -2.35. The first-order valence-corrected chi connectivity index (χ1v) is 8.85. The van der Waals surface area contributed by atoms with E-state index in [1.54, 1.807) is 0 Å². The van der Waals surface area contributed by atoms with Crippen molar-refractivity contribution < 1.29 is 21.6 Å². The lowest BCUT2D eigenvalue weighted by atomic mass is 9.98. The molecular formula is C16H14F3N3O2S. The van der Waals surface area contributed by atoms with Gasteiger partial charge in [0.15, 0.2) is 0 Å². The van der Waals surface area contributed by atoms with Crippen molar-refractivity contribution in [2.24, 2.45) is 0 Å². The van der Waals surface area contributed by atoms with Gasteiger partial charge in [0.05, 0.1) is 23.5 Å². The minimum atomic E-state index is -4.40. The minimum Gasteiger partial charge on any atom is -0.240 e. The summed E-state index contributed by atoms with van der Waals surface area (Å²) in [6.07, 6.45) is -2.74. The smallest absolute Gasteiger partial charge is 0.240 e. The number of benzene rings is 1. The Labute approximate surface area is 142 Å². The van der Waals surface area contributed by atoms with Gasteiger partial charge in [0, 0.05) is 23.1 Å². The van der Waals surface area contributed by atoms with Gasteiger partial charge >= 0.3 is 6.18 Å². The number of hydrogen-bond acceptors (Lipinski definition) is 4. The highest BCUT2D eigenvalue weighted by molar-refractivity contribution is 7.91. The number of alkyl halides is 3. The maximum Gasteiger partial charge on any atom is 0.416 e. The molecule has 0 atom stereocenters. The van der Waals surface area contributed by atoms with E-state index in [0.717, 1.165) is 23.1 Å². The normalized spacial score (nSPS) is 15.6. The maximum atomic E-state index is 12.7. The third kappa shape index (κ3) is 3.42. The van der Waals surface area contributed by atoms with Gasteiger partial charge in [-0.1, -0.05) is 18.7 Å². The molecule has 0 bridgehead atoms. The van der Waals surface area contributed by atoms with Gasteiger partial charge in [0.1, 0.15) is 6.33 Å². The number of aromatic nitrogens is 2. The van der Waals surface area contributed by atoms with Crippen LogP contribution in [0.15, 0.2) is 42.6 Å². The number of hydrogen-bond donors (Lipinski definition) is 0. The van der Waals surface area contributed by atoms with E-state index in [1.165, 1.54) is 22.8 Å². The van der Waals surface area contributed by atoms with Crippen LogP contribution in [0.3, 0.4) is 0 Å². The Morgan fingerprint density at radius 2 is 1.84 bits per heavy atom. The fourth-order valence-electron chi connectivity index (χ4n) is 2.72. The van der Waals surface area contributed by atoms with Crippen LogP contribution in [-0.2, 0) is 29.2 Å². The highest BCUT2D eigenvalue weighted by Crippen LogP contribution is 2.32. The summed E-state index contributed by atoms with van der Waals surface area (Å²) >= 11 is 0. The van der Waals surface area contributed by atoms with Crippen LogP contribution in [0.4, 0.5) is 13.2 Å². The zero-order chi connectivity index (χ0) is 18.2. The van der Waals surface area contributed by atoms with Crippen LogP contribution in [0.5, 0.6) is 0 Å². The van der Waals surface area contributed by atoms with Crippen molar-refractivity contribution in [1.29, 1.82) is 0 Å². The summed E-state index contributed by atoms with van der Waals surface area (Å²) in [6, 6.07) is 4.72. The second kappa shape index (κ2) is 6.23. The predicted molar refractivity (Wildman–Crippen MR) is 85.7 cm³/mol. The van der Waals surface area contributed by atoms with E-state index >= 15 is 0 Å². The molecule has 1 aromatic heterocycles. The van der Waals surface area contributed by atoms with Crippen LogP contribution in [0.1, 0.15) is 16.8 Å². The SMILES string of the molecule is C=CS(=O)(=O)N1CCc2c(ncnc2-c2ccc(C(F)(F)F)cc2)C1. The first kappa shape index (κ1) is 17.6. The molecule has 9 heteroatoms. The van der Waals surface area contributed by atoms with E-state index in [0.29, 0.717) is 23.4 Å². The highest BCUT2D eigenvalue weighted by atomic mass is 32.2. The first-order valence-electron chi connectivity index (χ1n) is 7.35. The summed E-state index contributed by atoms with van der Waals surface area (Å²) < 4.78 is 63.1. The zero-order valence-electron chi connectivity index (χ0n) is 13.0. The molecule has 0 unspecified atom stereocenters. The third-order valence-corrected chi connectivity index (χ3v) is 5.48. The fourth-order valence-corrected chi connectivity index (χ4v) is 3.58. The van der Waals surface area contributed by atoms with Crippen molar-refractivity contribution in [2.45, 2.75) is 19.1 Å². The van der Waals surface area contributed by atoms with Gasteiger partial charge in [-0.2, -0.15) is 17.5 Å². The largest absolute Gasteiger partial charge is 0.416 e. The predicted octanol–water partition coefficient (Wildman–Crippen LogP) is 2.99. The monoisotopic (exact) mass is 369 g/mol. The number of fused-ring (bicyclic) bond motifs is 1. The summed E-state index contributed by atoms with van der Waals surface area (Å²) in [5.74, 6) is 0. The number of nitrogens with zero attached hydrogens (tertiary/aromatic N) is 3. The van der Waals surface area contributed by atoms with Crippen LogP contribution in [0, 0.1) is 0 Å². The summed E-state index contributed by atoms with van der Waals surface area (Å²) in [5, 5.41) is 0.885. The van der Waals surface area contributed by atoms with Crippen LogP contribution < -0.4 is 0 Å². The molecule has 3 rings (SSSR count). The van der Waals surface area contributed by atoms with E-state index in [2.05, 4.69) is 16.5 Å². The van der Waals surface area contributed by atoms with E-state index in [9.17, 15) is 21.6 Å². The van der Waals surface area contributed by atoms with Crippen molar-refractivity contribution in [3.63, 3.8) is 0 Å². The standard InChI is InChI=1S/C16H14F3N3O2S/c1-2-25(23,24)22-8-7-13-14(9-22)20-10-21-15(13)11-3-5-12(6-4-11)16(17,18)19/h2-6,10H,1,7-9H2. The summed E-state index contributed by atoms with van der Waals surface area (Å²) in [7, 11) is -3.55. The topological polar surface area (TPSA) is 63.2 Å². The molecule has 0 amide bonds.